The standard InChI is InChI=1S/C46H51N5O10S2/c1-28(52)57-25-29-26-62-39-35(37(54)51(39)38(29)58-42(56)60-44(5,6)7)48-36(53)34(50-61-45(8,9)40(55)59-43(2,3)4)33-27-63-41(47-33)49-46(30-19-13-10-14-20-30,31-21-15-11-16-22-31)32-23-17-12-18-24-32/h10-24,27,35,39H,25-26H2,1-9H3,(H,47,49)(H,48,53)/b50-34-/t35-,39-/m1/s1. The van der Waals surface area contributed by atoms with E-state index in [4.69, 9.17) is 28.8 Å². The third-order valence-corrected chi connectivity index (χ3v) is 11.5. The van der Waals surface area contributed by atoms with Crippen LogP contribution in [-0.2, 0) is 48.5 Å². The zero-order chi connectivity index (χ0) is 45.7. The molecule has 0 unspecified atom stereocenters. The maximum absolute atomic E-state index is 14.5. The first-order valence-electron chi connectivity index (χ1n) is 20.1. The van der Waals surface area contributed by atoms with Gasteiger partial charge in [0.15, 0.2) is 10.8 Å². The number of carbonyl (C=O) groups is 5. The predicted molar refractivity (Wildman–Crippen MR) is 238 cm³/mol. The van der Waals surface area contributed by atoms with Gasteiger partial charge in [0.1, 0.15) is 40.5 Å². The number of rotatable bonds is 14. The van der Waals surface area contributed by atoms with Crippen LogP contribution in [0.4, 0.5) is 9.93 Å². The number of β-lactam (4-membered cyclic amide) rings is 1. The third kappa shape index (κ3) is 10.9. The normalized spacial score (nSPS) is 16.9. The molecule has 63 heavy (non-hydrogen) atoms. The number of nitrogens with zero attached hydrogens (tertiary/aromatic N) is 3. The maximum Gasteiger partial charge on any atom is 0.515 e. The van der Waals surface area contributed by atoms with Crippen molar-refractivity contribution in [3.05, 3.63) is 130 Å². The van der Waals surface area contributed by atoms with Gasteiger partial charge in [-0.15, -0.1) is 23.1 Å². The largest absolute Gasteiger partial charge is 0.515 e. The molecule has 1 fully saturated rings. The highest BCUT2D eigenvalue weighted by molar-refractivity contribution is 8.00. The lowest BCUT2D eigenvalue weighted by molar-refractivity contribution is -0.179. The molecule has 1 aromatic heterocycles. The minimum absolute atomic E-state index is 0.0838. The van der Waals surface area contributed by atoms with Crippen molar-refractivity contribution in [2.24, 2.45) is 5.16 Å². The van der Waals surface area contributed by atoms with Crippen molar-refractivity contribution in [1.29, 1.82) is 0 Å². The van der Waals surface area contributed by atoms with Gasteiger partial charge in [0.2, 0.25) is 11.5 Å². The second-order valence-electron chi connectivity index (χ2n) is 17.2. The lowest BCUT2D eigenvalue weighted by Gasteiger charge is -2.49. The van der Waals surface area contributed by atoms with Gasteiger partial charge in [-0.25, -0.2) is 14.6 Å². The van der Waals surface area contributed by atoms with Crippen molar-refractivity contribution in [3.63, 3.8) is 0 Å². The SMILES string of the molecule is CC(=O)OCC1=C(OC(=O)OC(C)(C)C)N2C(=O)[C@@H](NC(=O)/C(=N\OC(C)(C)C(=O)OC(C)(C)C)c3csc(NC(c4ccccc4)(c4ccccc4)c4ccccc4)n3)[C@H]2SC1. The van der Waals surface area contributed by atoms with Crippen LogP contribution in [-0.4, -0.2) is 86.1 Å². The number of oxime groups is 1. The molecule has 2 aliphatic heterocycles. The van der Waals surface area contributed by atoms with E-state index >= 15 is 0 Å². The number of anilines is 1. The van der Waals surface area contributed by atoms with Crippen molar-refractivity contribution in [2.45, 2.75) is 96.1 Å². The monoisotopic (exact) mass is 897 g/mol. The van der Waals surface area contributed by atoms with Gasteiger partial charge in [-0.1, -0.05) is 96.2 Å². The molecule has 15 nitrogen and oxygen atoms in total. The van der Waals surface area contributed by atoms with Gasteiger partial charge in [-0.3, -0.25) is 19.3 Å². The van der Waals surface area contributed by atoms with Crippen LogP contribution in [0.1, 0.15) is 84.7 Å². The van der Waals surface area contributed by atoms with Crippen LogP contribution in [0, 0.1) is 0 Å². The fourth-order valence-corrected chi connectivity index (χ4v) is 8.61. The van der Waals surface area contributed by atoms with Crippen LogP contribution in [0.3, 0.4) is 0 Å². The topological polar surface area (TPSA) is 184 Å². The zero-order valence-electron chi connectivity index (χ0n) is 36.5. The van der Waals surface area contributed by atoms with E-state index in [0.717, 1.165) is 16.7 Å². The summed E-state index contributed by atoms with van der Waals surface area (Å²) in [6.07, 6.45) is -1.06. The van der Waals surface area contributed by atoms with Crippen LogP contribution >= 0.6 is 23.1 Å². The molecule has 0 spiro atoms. The van der Waals surface area contributed by atoms with Crippen LogP contribution in [0.25, 0.3) is 0 Å². The molecular weight excluding hydrogens is 847 g/mol. The lowest BCUT2D eigenvalue weighted by atomic mass is 9.77. The summed E-state index contributed by atoms with van der Waals surface area (Å²) in [5, 5.41) is 12.0. The number of thiazole rings is 1. The van der Waals surface area contributed by atoms with E-state index in [1.807, 2.05) is 91.0 Å². The van der Waals surface area contributed by atoms with Crippen LogP contribution in [0.15, 0.2) is 113 Å². The van der Waals surface area contributed by atoms with Gasteiger partial charge >= 0.3 is 18.1 Å². The summed E-state index contributed by atoms with van der Waals surface area (Å²) >= 11 is 2.48. The molecule has 2 atom stereocenters. The molecular formula is C46H51N5O10S2. The third-order valence-electron chi connectivity index (χ3n) is 9.43. The molecule has 0 saturated carbocycles. The molecule has 0 radical (unpaired) electrons. The van der Waals surface area contributed by atoms with Gasteiger partial charge in [0, 0.05) is 23.6 Å². The van der Waals surface area contributed by atoms with Gasteiger partial charge in [0.25, 0.3) is 11.8 Å². The van der Waals surface area contributed by atoms with Gasteiger partial charge in [-0.05, 0) is 72.1 Å². The second-order valence-corrected chi connectivity index (χ2v) is 19.1. The number of amides is 2. The Morgan fingerprint density at radius 2 is 1.35 bits per heavy atom. The zero-order valence-corrected chi connectivity index (χ0v) is 38.2. The predicted octanol–water partition coefficient (Wildman–Crippen LogP) is 7.51. The van der Waals surface area contributed by atoms with Gasteiger partial charge in [0.05, 0.1) is 0 Å². The number of aromatic nitrogens is 1. The Morgan fingerprint density at radius 1 is 0.810 bits per heavy atom. The fraction of sp³-hybridized carbons (Fsp3) is 0.370. The number of fused-ring (bicyclic) bond motifs is 1. The summed E-state index contributed by atoms with van der Waals surface area (Å²) in [4.78, 5) is 78.0. The number of nitrogens with one attached hydrogen (secondary N) is 2. The number of hydrogen-bond donors (Lipinski definition) is 2. The summed E-state index contributed by atoms with van der Waals surface area (Å²) in [5.74, 6) is -2.71. The molecule has 4 aromatic rings. The molecule has 3 heterocycles. The van der Waals surface area contributed by atoms with Crippen molar-refractivity contribution in [3.8, 4) is 0 Å². The number of carbonyl (C=O) groups excluding carboxylic acids is 5. The first kappa shape index (κ1) is 46.3. The second kappa shape index (κ2) is 18.6. The molecule has 17 heteroatoms. The molecule has 1 saturated heterocycles. The number of benzene rings is 3. The summed E-state index contributed by atoms with van der Waals surface area (Å²) < 4.78 is 21.7. The Bertz CT molecular complexity index is 2290. The molecule has 2 aliphatic rings. The molecule has 6 rings (SSSR count). The molecule has 2 amide bonds. The van der Waals surface area contributed by atoms with E-state index in [-0.39, 0.29) is 29.6 Å². The molecule has 2 N–H and O–H groups in total. The highest BCUT2D eigenvalue weighted by Gasteiger charge is 2.55. The number of hydrogen-bond acceptors (Lipinski definition) is 15. The number of thioether (sulfide) groups is 1. The molecule has 3 aromatic carbocycles. The quantitative estimate of drug-likeness (QED) is 0.0317. The minimum atomic E-state index is -1.65. The summed E-state index contributed by atoms with van der Waals surface area (Å²) in [6, 6.07) is 28.6. The van der Waals surface area contributed by atoms with Crippen LogP contribution < -0.4 is 10.6 Å². The van der Waals surface area contributed by atoms with E-state index < -0.39 is 63.7 Å². The van der Waals surface area contributed by atoms with Gasteiger partial charge in [-0.2, -0.15) is 0 Å². The Kier molecular flexibility index (Phi) is 13.7. The van der Waals surface area contributed by atoms with E-state index in [2.05, 4.69) is 15.8 Å². The smallest absolute Gasteiger partial charge is 0.461 e. The summed E-state index contributed by atoms with van der Waals surface area (Å²) in [6.45, 7) is 14.0. The Morgan fingerprint density at radius 3 is 1.86 bits per heavy atom. The number of esters is 2. The minimum Gasteiger partial charge on any atom is -0.461 e. The molecule has 0 bridgehead atoms. The van der Waals surface area contributed by atoms with E-state index in [1.165, 1.54) is 48.8 Å². The van der Waals surface area contributed by atoms with Crippen molar-refractivity contribution >= 4 is 63.9 Å². The molecule has 332 valence electrons. The lowest BCUT2D eigenvalue weighted by Crippen LogP contribution is -2.70. The maximum atomic E-state index is 14.5. The Balaban J connectivity index is 1.35. The first-order chi connectivity index (χ1) is 29.7. The fourth-order valence-electron chi connectivity index (χ4n) is 6.56. The average Bonchev–Trinajstić information content (AvgIpc) is 3.68. The summed E-state index contributed by atoms with van der Waals surface area (Å²) in [7, 11) is 0. The van der Waals surface area contributed by atoms with Crippen LogP contribution in [0.2, 0.25) is 0 Å². The Hall–Kier alpha value is -6.20. The van der Waals surface area contributed by atoms with E-state index in [9.17, 15) is 24.0 Å². The van der Waals surface area contributed by atoms with Crippen LogP contribution in [0.5, 0.6) is 0 Å². The highest BCUT2D eigenvalue weighted by Crippen LogP contribution is 2.42. The number of ether oxygens (including phenoxy) is 4. The summed E-state index contributed by atoms with van der Waals surface area (Å²) in [5.41, 5.74) is -1.47. The molecule has 0 aliphatic carbocycles. The van der Waals surface area contributed by atoms with E-state index in [1.54, 1.807) is 46.9 Å². The van der Waals surface area contributed by atoms with Crippen molar-refractivity contribution in [2.75, 3.05) is 17.7 Å². The van der Waals surface area contributed by atoms with E-state index in [0.29, 0.717) is 10.7 Å². The van der Waals surface area contributed by atoms with Gasteiger partial charge < -0.3 is 34.4 Å². The Labute approximate surface area is 374 Å². The highest BCUT2D eigenvalue weighted by atomic mass is 32.2. The average molecular weight is 898 g/mol. The van der Waals surface area contributed by atoms with Crippen molar-refractivity contribution < 1.29 is 47.8 Å². The first-order valence-corrected chi connectivity index (χ1v) is 22.0. The van der Waals surface area contributed by atoms with Crippen molar-refractivity contribution in [1.82, 2.24) is 15.2 Å².